The highest BCUT2D eigenvalue weighted by Gasteiger charge is 2.37. The molecular weight excluding hydrogens is 355 g/mol. The molecule has 0 aromatic carbocycles. The summed E-state index contributed by atoms with van der Waals surface area (Å²) in [7, 11) is 2.57. The highest BCUT2D eigenvalue weighted by Crippen LogP contribution is 2.32. The maximum Gasteiger partial charge on any atom is 0.309 e. The van der Waals surface area contributed by atoms with E-state index < -0.39 is 17.8 Å². The molecule has 1 saturated carbocycles. The molecule has 1 aliphatic carbocycles. The van der Waals surface area contributed by atoms with Crippen molar-refractivity contribution in [3.05, 3.63) is 0 Å². The molecule has 0 bridgehead atoms. The number of carbonyl (C=O) groups is 3. The van der Waals surface area contributed by atoms with Gasteiger partial charge in [-0.1, -0.05) is 26.7 Å². The molecule has 7 heteroatoms. The Hall–Kier alpha value is -1.16. The Morgan fingerprint density at radius 3 is 2.00 bits per heavy atom. The van der Waals surface area contributed by atoms with Crippen molar-refractivity contribution in [2.45, 2.75) is 52.9 Å². The van der Waals surface area contributed by atoms with Crippen molar-refractivity contribution in [2.24, 2.45) is 23.7 Å². The third-order valence-electron chi connectivity index (χ3n) is 4.60. The van der Waals surface area contributed by atoms with Crippen molar-refractivity contribution in [2.75, 3.05) is 26.0 Å². The van der Waals surface area contributed by atoms with Crippen LogP contribution in [0.1, 0.15) is 52.9 Å². The highest BCUT2D eigenvalue weighted by molar-refractivity contribution is 7.16. The van der Waals surface area contributed by atoms with Crippen molar-refractivity contribution in [3.63, 3.8) is 0 Å². The minimum Gasteiger partial charge on any atom is -0.466 e. The standard InChI is InChI=1S/C19H33O6P/c1-4-23-18(21)15-7-5-6-8-16(15)19(22)25-10-9-24-17(20)14(12-26)11-13(2)3/h13-16H,4-12,26H2,1-3H3. The molecule has 0 aliphatic heterocycles. The second-order valence-corrected chi connectivity index (χ2v) is 7.62. The topological polar surface area (TPSA) is 78.9 Å². The Labute approximate surface area is 158 Å². The zero-order valence-electron chi connectivity index (χ0n) is 16.2. The van der Waals surface area contributed by atoms with Crippen LogP contribution in [-0.2, 0) is 28.6 Å². The lowest BCUT2D eigenvalue weighted by Gasteiger charge is -2.28. The maximum absolute atomic E-state index is 12.3. The number of hydrogen-bond acceptors (Lipinski definition) is 6. The summed E-state index contributed by atoms with van der Waals surface area (Å²) in [5, 5.41) is 0. The molecule has 4 unspecified atom stereocenters. The Kier molecular flexibility index (Phi) is 10.8. The monoisotopic (exact) mass is 388 g/mol. The van der Waals surface area contributed by atoms with E-state index >= 15 is 0 Å². The third kappa shape index (κ3) is 7.61. The van der Waals surface area contributed by atoms with Crippen molar-refractivity contribution in [3.8, 4) is 0 Å². The lowest BCUT2D eigenvalue weighted by molar-refractivity contribution is -0.165. The van der Waals surface area contributed by atoms with Crippen LogP contribution in [0.2, 0.25) is 0 Å². The molecule has 1 rings (SSSR count). The van der Waals surface area contributed by atoms with Gasteiger partial charge in [-0.25, -0.2) is 0 Å². The Bertz CT molecular complexity index is 465. The van der Waals surface area contributed by atoms with Gasteiger partial charge >= 0.3 is 17.9 Å². The van der Waals surface area contributed by atoms with Crippen molar-refractivity contribution in [1.82, 2.24) is 0 Å². The first-order valence-electron chi connectivity index (χ1n) is 9.60. The molecule has 0 aromatic rings. The smallest absolute Gasteiger partial charge is 0.309 e. The van der Waals surface area contributed by atoms with E-state index in [4.69, 9.17) is 14.2 Å². The third-order valence-corrected chi connectivity index (χ3v) is 5.17. The van der Waals surface area contributed by atoms with Gasteiger partial charge in [0, 0.05) is 0 Å². The highest BCUT2D eigenvalue weighted by atomic mass is 31.0. The van der Waals surface area contributed by atoms with Crippen molar-refractivity contribution < 1.29 is 28.6 Å². The summed E-state index contributed by atoms with van der Waals surface area (Å²) in [6, 6.07) is 0. The van der Waals surface area contributed by atoms with E-state index in [-0.39, 0.29) is 31.1 Å². The predicted octanol–water partition coefficient (Wildman–Crippen LogP) is 2.98. The zero-order chi connectivity index (χ0) is 19.5. The van der Waals surface area contributed by atoms with Gasteiger partial charge in [0.25, 0.3) is 0 Å². The fourth-order valence-electron chi connectivity index (χ4n) is 3.31. The van der Waals surface area contributed by atoms with Gasteiger partial charge in [0.05, 0.1) is 24.4 Å². The Morgan fingerprint density at radius 1 is 0.962 bits per heavy atom. The minimum atomic E-state index is -0.459. The van der Waals surface area contributed by atoms with Crippen LogP contribution < -0.4 is 0 Å². The number of carbonyl (C=O) groups excluding carboxylic acids is 3. The summed E-state index contributed by atoms with van der Waals surface area (Å²) >= 11 is 0. The van der Waals surface area contributed by atoms with Crippen LogP contribution >= 0.6 is 9.24 Å². The van der Waals surface area contributed by atoms with Crippen LogP contribution in [0, 0.1) is 23.7 Å². The molecule has 1 aliphatic rings. The maximum atomic E-state index is 12.3. The summed E-state index contributed by atoms with van der Waals surface area (Å²) in [6.45, 7) is 6.24. The van der Waals surface area contributed by atoms with Crippen LogP contribution in [0.15, 0.2) is 0 Å². The molecule has 0 spiro atoms. The molecule has 0 heterocycles. The van der Waals surface area contributed by atoms with Gasteiger partial charge in [0.15, 0.2) is 0 Å². The van der Waals surface area contributed by atoms with Gasteiger partial charge in [0.2, 0.25) is 0 Å². The molecule has 150 valence electrons. The second-order valence-electron chi connectivity index (χ2n) is 7.15. The average Bonchev–Trinajstić information content (AvgIpc) is 2.62. The first-order chi connectivity index (χ1) is 12.4. The summed E-state index contributed by atoms with van der Waals surface area (Å²) < 4.78 is 15.6. The van der Waals surface area contributed by atoms with E-state index in [2.05, 4.69) is 23.1 Å². The molecular formula is C19H33O6P. The zero-order valence-corrected chi connectivity index (χ0v) is 17.4. The number of ether oxygens (including phenoxy) is 3. The fraction of sp³-hybridized carbons (Fsp3) is 0.842. The van der Waals surface area contributed by atoms with Crippen molar-refractivity contribution in [1.29, 1.82) is 0 Å². The Balaban J connectivity index is 2.40. The molecule has 0 N–H and O–H groups in total. The first-order valence-corrected chi connectivity index (χ1v) is 10.4. The number of hydrogen-bond donors (Lipinski definition) is 0. The molecule has 0 radical (unpaired) electrons. The van der Waals surface area contributed by atoms with Gasteiger partial charge in [-0.15, -0.1) is 9.24 Å². The second kappa shape index (κ2) is 12.3. The van der Waals surface area contributed by atoms with Crippen LogP contribution in [0.4, 0.5) is 0 Å². The largest absolute Gasteiger partial charge is 0.466 e. The van der Waals surface area contributed by atoms with Crippen LogP contribution in [-0.4, -0.2) is 43.9 Å². The van der Waals surface area contributed by atoms with E-state index in [9.17, 15) is 14.4 Å². The number of rotatable bonds is 10. The average molecular weight is 388 g/mol. The molecule has 1 fully saturated rings. The molecule has 0 saturated heterocycles. The van der Waals surface area contributed by atoms with Gasteiger partial charge in [0.1, 0.15) is 13.2 Å². The lowest BCUT2D eigenvalue weighted by atomic mass is 9.79. The van der Waals surface area contributed by atoms with Gasteiger partial charge in [-0.2, -0.15) is 0 Å². The minimum absolute atomic E-state index is 0.0157. The van der Waals surface area contributed by atoms with Gasteiger partial charge in [-0.05, 0) is 38.3 Å². The van der Waals surface area contributed by atoms with Crippen molar-refractivity contribution >= 4 is 27.1 Å². The summed E-state index contributed by atoms with van der Waals surface area (Å²) in [4.78, 5) is 36.4. The van der Waals surface area contributed by atoms with E-state index in [1.165, 1.54) is 0 Å². The summed E-state index contributed by atoms with van der Waals surface area (Å²) in [6.07, 6.45) is 4.52. The lowest BCUT2D eigenvalue weighted by Crippen LogP contribution is -2.35. The van der Waals surface area contributed by atoms with Crippen LogP contribution in [0.25, 0.3) is 0 Å². The Morgan fingerprint density at radius 2 is 1.50 bits per heavy atom. The molecule has 6 nitrogen and oxygen atoms in total. The van der Waals surface area contributed by atoms with Gasteiger partial charge in [-0.3, -0.25) is 14.4 Å². The van der Waals surface area contributed by atoms with E-state index in [0.717, 1.165) is 19.3 Å². The quantitative estimate of drug-likeness (QED) is 0.248. The molecule has 0 aromatic heterocycles. The van der Waals surface area contributed by atoms with E-state index in [0.29, 0.717) is 31.5 Å². The van der Waals surface area contributed by atoms with Crippen LogP contribution in [0.5, 0.6) is 0 Å². The molecule has 0 amide bonds. The summed E-state index contributed by atoms with van der Waals surface area (Å²) in [5.41, 5.74) is 0. The predicted molar refractivity (Wildman–Crippen MR) is 102 cm³/mol. The van der Waals surface area contributed by atoms with E-state index in [1.807, 2.05) is 0 Å². The molecule has 4 atom stereocenters. The van der Waals surface area contributed by atoms with Crippen LogP contribution in [0.3, 0.4) is 0 Å². The SMILES string of the molecule is CCOC(=O)C1CCCCC1C(=O)OCCOC(=O)C(CP)CC(C)C. The normalized spacial score (nSPS) is 21.1. The fourth-order valence-corrected chi connectivity index (χ4v) is 3.70. The molecule has 26 heavy (non-hydrogen) atoms. The first kappa shape index (κ1) is 22.9. The van der Waals surface area contributed by atoms with Gasteiger partial charge < -0.3 is 14.2 Å². The summed E-state index contributed by atoms with van der Waals surface area (Å²) in [5.74, 6) is -1.60. The number of esters is 3. The van der Waals surface area contributed by atoms with E-state index in [1.54, 1.807) is 6.92 Å².